The largest absolute Gasteiger partial charge is 0.497 e. The summed E-state index contributed by atoms with van der Waals surface area (Å²) in [5, 5.41) is 18.8. The van der Waals surface area contributed by atoms with Crippen LogP contribution in [-0.2, 0) is 4.79 Å². The van der Waals surface area contributed by atoms with Crippen molar-refractivity contribution in [2.75, 3.05) is 12.4 Å². The number of hydrogen-bond donors (Lipinski definition) is 4. The Bertz CT molecular complexity index is 948. The molecule has 5 N–H and O–H groups in total. The van der Waals surface area contributed by atoms with Crippen LogP contribution in [0.1, 0.15) is 21.5 Å². The number of carbonyl (C=O) groups excluding carboxylic acids is 1. The molecule has 0 aliphatic carbocycles. The molecule has 0 atom stereocenters. The topological polar surface area (TPSA) is 126 Å². The summed E-state index contributed by atoms with van der Waals surface area (Å²) in [6.45, 7) is 3.87. The average molecular weight is 365 g/mol. The Morgan fingerprint density at radius 2 is 2.00 bits per heavy atom. The highest BCUT2D eigenvalue weighted by Gasteiger charge is 2.17. The molecule has 0 unspecified atom stereocenters. The van der Waals surface area contributed by atoms with Crippen LogP contribution in [0.4, 0.5) is 5.69 Å². The molecule has 0 saturated heterocycles. The Morgan fingerprint density at radius 3 is 2.63 bits per heavy atom. The van der Waals surface area contributed by atoms with Gasteiger partial charge < -0.3 is 20.9 Å². The van der Waals surface area contributed by atoms with Gasteiger partial charge in [0, 0.05) is 22.9 Å². The van der Waals surface area contributed by atoms with Gasteiger partial charge in [0.2, 0.25) is 0 Å². The number of carboxylic acid groups (broad SMARTS) is 1. The zero-order valence-corrected chi connectivity index (χ0v) is 14.7. The predicted octanol–water partition coefficient (Wildman–Crippen LogP) is 2.99. The number of anilines is 1. The third-order valence-corrected chi connectivity index (χ3v) is 3.67. The van der Waals surface area contributed by atoms with Crippen LogP contribution < -0.4 is 15.8 Å². The van der Waals surface area contributed by atoms with Crippen molar-refractivity contribution in [3.63, 3.8) is 0 Å². The molecule has 0 aliphatic rings. The molecule has 0 heterocycles. The summed E-state index contributed by atoms with van der Waals surface area (Å²) in [5.74, 6) is -1.26. The molecule has 0 saturated carbocycles. The van der Waals surface area contributed by atoms with Crippen LogP contribution in [0.5, 0.6) is 5.75 Å². The van der Waals surface area contributed by atoms with E-state index in [9.17, 15) is 9.59 Å². The van der Waals surface area contributed by atoms with Gasteiger partial charge in [-0.2, -0.15) is 0 Å². The third kappa shape index (κ3) is 5.05. The second-order valence-corrected chi connectivity index (χ2v) is 5.55. The summed E-state index contributed by atoms with van der Waals surface area (Å²) in [7, 11) is 1.47. The maximum Gasteiger partial charge on any atom is 0.328 e. The first-order valence-corrected chi connectivity index (χ1v) is 7.86. The van der Waals surface area contributed by atoms with Gasteiger partial charge in [0.1, 0.15) is 5.75 Å². The van der Waals surface area contributed by atoms with Crippen LogP contribution in [-0.4, -0.2) is 29.9 Å². The first-order valence-electron chi connectivity index (χ1n) is 7.86. The molecule has 0 spiro atoms. The molecule has 0 aliphatic heterocycles. The number of aliphatic carboxylic acids is 1. The van der Waals surface area contributed by atoms with E-state index in [1.807, 2.05) is 0 Å². The van der Waals surface area contributed by atoms with E-state index in [0.29, 0.717) is 22.6 Å². The number of rotatable bonds is 7. The second kappa shape index (κ2) is 8.48. The predicted molar refractivity (Wildman–Crippen MR) is 105 cm³/mol. The lowest BCUT2D eigenvalue weighted by molar-refractivity contribution is -0.131. The van der Waals surface area contributed by atoms with Crippen LogP contribution in [0.25, 0.3) is 11.6 Å². The van der Waals surface area contributed by atoms with Gasteiger partial charge in [-0.1, -0.05) is 24.8 Å². The smallest absolute Gasteiger partial charge is 0.328 e. The number of Topliss-reactive ketones (excluding diaryl/α,β-unsaturated/α-hetero) is 1. The van der Waals surface area contributed by atoms with Crippen molar-refractivity contribution < 1.29 is 19.4 Å². The van der Waals surface area contributed by atoms with Gasteiger partial charge in [-0.25, -0.2) is 4.79 Å². The first kappa shape index (κ1) is 19.5. The fourth-order valence-electron chi connectivity index (χ4n) is 2.40. The molecular formula is C20H19N3O4. The van der Waals surface area contributed by atoms with Gasteiger partial charge in [-0.05, 0) is 41.5 Å². The Morgan fingerprint density at radius 1 is 1.26 bits per heavy atom. The fourth-order valence-corrected chi connectivity index (χ4v) is 2.40. The van der Waals surface area contributed by atoms with E-state index in [1.54, 1.807) is 36.4 Å². The summed E-state index contributed by atoms with van der Waals surface area (Å²) in [6, 6.07) is 11.5. The van der Waals surface area contributed by atoms with Crippen LogP contribution in [0.2, 0.25) is 0 Å². The molecule has 0 amide bonds. The van der Waals surface area contributed by atoms with Crippen LogP contribution >= 0.6 is 0 Å². The van der Waals surface area contributed by atoms with Crippen molar-refractivity contribution in [1.82, 2.24) is 0 Å². The van der Waals surface area contributed by atoms with Crippen molar-refractivity contribution in [2.45, 2.75) is 0 Å². The number of allylic oxidation sites excluding steroid dienone is 1. The van der Waals surface area contributed by atoms with E-state index < -0.39 is 5.97 Å². The molecule has 2 rings (SSSR count). The number of benzene rings is 2. The van der Waals surface area contributed by atoms with Gasteiger partial charge in [0.15, 0.2) is 11.7 Å². The van der Waals surface area contributed by atoms with Crippen molar-refractivity contribution in [1.29, 1.82) is 5.41 Å². The Labute approximate surface area is 156 Å². The highest BCUT2D eigenvalue weighted by atomic mass is 16.5. The number of hydrogen-bond acceptors (Lipinski definition) is 4. The van der Waals surface area contributed by atoms with Crippen molar-refractivity contribution >= 4 is 35.0 Å². The highest BCUT2D eigenvalue weighted by molar-refractivity contribution is 6.29. The van der Waals surface area contributed by atoms with E-state index in [2.05, 4.69) is 11.9 Å². The Kier molecular flexibility index (Phi) is 6.11. The Hall–Kier alpha value is -3.87. The third-order valence-electron chi connectivity index (χ3n) is 3.67. The summed E-state index contributed by atoms with van der Waals surface area (Å²) in [6.07, 6.45) is 2.30. The first-order chi connectivity index (χ1) is 12.8. The van der Waals surface area contributed by atoms with E-state index in [0.717, 1.165) is 6.08 Å². The normalized spacial score (nSPS) is 10.4. The van der Waals surface area contributed by atoms with Crippen LogP contribution in [0.15, 0.2) is 55.1 Å². The molecule has 2 aromatic rings. The summed E-state index contributed by atoms with van der Waals surface area (Å²) >= 11 is 0. The molecular weight excluding hydrogens is 346 g/mol. The zero-order chi connectivity index (χ0) is 20.0. The van der Waals surface area contributed by atoms with Crippen molar-refractivity contribution in [3.8, 4) is 5.75 Å². The van der Waals surface area contributed by atoms with E-state index >= 15 is 0 Å². The number of ether oxygens (including phenoxy) is 1. The SMILES string of the molecule is C=C(C(=O)c1cc(OC)ccc1C=CC(=O)O)c1cccc(NC(=N)N)c1. The molecule has 0 radical (unpaired) electrons. The highest BCUT2D eigenvalue weighted by Crippen LogP contribution is 2.26. The average Bonchev–Trinajstić information content (AvgIpc) is 2.64. The van der Waals surface area contributed by atoms with Gasteiger partial charge >= 0.3 is 5.97 Å². The summed E-state index contributed by atoms with van der Waals surface area (Å²) in [4.78, 5) is 23.8. The number of nitrogens with two attached hydrogens (primary N) is 1. The molecule has 0 bridgehead atoms. The maximum absolute atomic E-state index is 13.0. The van der Waals surface area contributed by atoms with E-state index in [4.69, 9.17) is 21.0 Å². The molecule has 7 heteroatoms. The maximum atomic E-state index is 13.0. The zero-order valence-electron chi connectivity index (χ0n) is 14.7. The van der Waals surface area contributed by atoms with Gasteiger partial charge in [-0.3, -0.25) is 10.2 Å². The Balaban J connectivity index is 2.42. The van der Waals surface area contributed by atoms with Crippen LogP contribution in [0, 0.1) is 5.41 Å². The number of guanidine groups is 1. The molecule has 138 valence electrons. The minimum atomic E-state index is -1.12. The molecule has 27 heavy (non-hydrogen) atoms. The van der Waals surface area contributed by atoms with E-state index in [-0.39, 0.29) is 22.9 Å². The fraction of sp³-hybridized carbons (Fsp3) is 0.0500. The molecule has 7 nitrogen and oxygen atoms in total. The van der Waals surface area contributed by atoms with Gasteiger partial charge in [-0.15, -0.1) is 0 Å². The van der Waals surface area contributed by atoms with Crippen LogP contribution in [0.3, 0.4) is 0 Å². The molecule has 0 fully saturated rings. The van der Waals surface area contributed by atoms with E-state index in [1.165, 1.54) is 19.3 Å². The van der Waals surface area contributed by atoms with Gasteiger partial charge in [0.05, 0.1) is 7.11 Å². The standard InChI is InChI=1S/C20H19N3O4/c1-12(14-4-3-5-15(10-14)23-20(21)22)19(26)17-11-16(27-2)8-6-13(17)7-9-18(24)25/h3-11H,1H2,2H3,(H,24,25)(H4,21,22,23). The lowest BCUT2D eigenvalue weighted by Gasteiger charge is -2.11. The van der Waals surface area contributed by atoms with Gasteiger partial charge in [0.25, 0.3) is 0 Å². The quantitative estimate of drug-likeness (QED) is 0.259. The lowest BCUT2D eigenvalue weighted by atomic mass is 9.94. The number of carbonyl (C=O) groups is 2. The minimum absolute atomic E-state index is 0.209. The minimum Gasteiger partial charge on any atom is -0.497 e. The van der Waals surface area contributed by atoms with Crippen molar-refractivity contribution in [2.24, 2.45) is 5.73 Å². The monoisotopic (exact) mass is 365 g/mol. The van der Waals surface area contributed by atoms with Crippen molar-refractivity contribution in [3.05, 3.63) is 71.8 Å². The molecule has 2 aromatic carbocycles. The number of carboxylic acids is 1. The summed E-state index contributed by atoms with van der Waals surface area (Å²) < 4.78 is 5.16. The summed E-state index contributed by atoms with van der Waals surface area (Å²) in [5.41, 5.74) is 7.32. The number of ketones is 1. The lowest BCUT2D eigenvalue weighted by Crippen LogP contribution is -2.20. The number of nitrogens with one attached hydrogen (secondary N) is 2. The number of methoxy groups -OCH3 is 1. The molecule has 0 aromatic heterocycles. The second-order valence-electron chi connectivity index (χ2n) is 5.55.